The van der Waals surface area contributed by atoms with Crippen molar-refractivity contribution in [1.82, 2.24) is 5.32 Å². The Morgan fingerprint density at radius 3 is 2.76 bits per heavy atom. The minimum Gasteiger partial charge on any atom is -0.488 e. The lowest BCUT2D eigenvalue weighted by Gasteiger charge is -2.27. The third kappa shape index (κ3) is 4.93. The third-order valence-corrected chi connectivity index (χ3v) is 4.93. The van der Waals surface area contributed by atoms with Gasteiger partial charge in [-0.25, -0.2) is 0 Å². The lowest BCUT2D eigenvalue weighted by Crippen LogP contribution is -2.46. The maximum absolute atomic E-state index is 12.4. The van der Waals surface area contributed by atoms with Crippen LogP contribution in [0.15, 0.2) is 18.2 Å². The van der Waals surface area contributed by atoms with E-state index in [4.69, 9.17) is 19.9 Å². The average molecular weight is 348 g/mol. The Bertz CT molecular complexity index is 581. The summed E-state index contributed by atoms with van der Waals surface area (Å²) in [5.74, 6) is 0.899. The van der Waals surface area contributed by atoms with Crippen LogP contribution < -0.4 is 15.8 Å². The first kappa shape index (κ1) is 18.2. The molecule has 2 heterocycles. The van der Waals surface area contributed by atoms with Gasteiger partial charge in [-0.3, -0.25) is 4.79 Å². The van der Waals surface area contributed by atoms with Crippen molar-refractivity contribution in [2.45, 2.75) is 44.9 Å². The van der Waals surface area contributed by atoms with Gasteiger partial charge in [0.2, 0.25) is 5.91 Å². The summed E-state index contributed by atoms with van der Waals surface area (Å²) in [6.07, 6.45) is 2.67. The molecule has 6 heteroatoms. The molecule has 138 valence electrons. The Hall–Kier alpha value is -1.63. The maximum atomic E-state index is 12.4. The van der Waals surface area contributed by atoms with Crippen molar-refractivity contribution < 1.29 is 19.0 Å². The largest absolute Gasteiger partial charge is 0.488 e. The number of aryl methyl sites for hydroxylation is 1. The van der Waals surface area contributed by atoms with Crippen LogP contribution in [0, 0.1) is 12.8 Å². The number of ether oxygens (including phenoxy) is 3. The van der Waals surface area contributed by atoms with Crippen LogP contribution in [0.2, 0.25) is 0 Å². The molecule has 3 N–H and O–H groups in total. The highest BCUT2D eigenvalue weighted by Gasteiger charge is 2.26. The highest BCUT2D eigenvalue weighted by Crippen LogP contribution is 2.24. The highest BCUT2D eigenvalue weighted by atomic mass is 16.5. The quantitative estimate of drug-likeness (QED) is 0.815. The molecular weight excluding hydrogens is 320 g/mol. The minimum atomic E-state index is -0.484. The molecule has 0 bridgehead atoms. The summed E-state index contributed by atoms with van der Waals surface area (Å²) < 4.78 is 16.8. The van der Waals surface area contributed by atoms with Crippen LogP contribution >= 0.6 is 0 Å². The smallest absolute Gasteiger partial charge is 0.237 e. The second kappa shape index (κ2) is 8.65. The van der Waals surface area contributed by atoms with Crippen LogP contribution in [0.5, 0.6) is 5.75 Å². The molecule has 0 spiro atoms. The Morgan fingerprint density at radius 2 is 2.04 bits per heavy atom. The molecule has 2 saturated heterocycles. The normalized spacial score (nSPS) is 22.6. The van der Waals surface area contributed by atoms with E-state index in [1.165, 1.54) is 0 Å². The van der Waals surface area contributed by atoms with Gasteiger partial charge < -0.3 is 25.3 Å². The van der Waals surface area contributed by atoms with E-state index >= 15 is 0 Å². The van der Waals surface area contributed by atoms with Crippen LogP contribution in [0.3, 0.4) is 0 Å². The van der Waals surface area contributed by atoms with Gasteiger partial charge in [0.15, 0.2) is 0 Å². The third-order valence-electron chi connectivity index (χ3n) is 4.93. The number of benzene rings is 1. The van der Waals surface area contributed by atoms with Crippen molar-refractivity contribution in [3.8, 4) is 5.75 Å². The standard InChI is InChI=1S/C19H28N2O4/c1-13-2-3-15(17(10-13)25-16-6-9-24-12-16)11-21-19(22)18(20)14-4-7-23-8-5-14/h2-3,10,14,16,18H,4-9,11-12,20H2,1H3,(H,21,22). The van der Waals surface area contributed by atoms with E-state index in [-0.39, 0.29) is 17.9 Å². The average Bonchev–Trinajstić information content (AvgIpc) is 3.14. The first-order valence-electron chi connectivity index (χ1n) is 9.08. The molecule has 0 aromatic heterocycles. The van der Waals surface area contributed by atoms with Gasteiger partial charge >= 0.3 is 0 Å². The Kier molecular flexibility index (Phi) is 6.29. The molecule has 1 amide bonds. The van der Waals surface area contributed by atoms with Crippen molar-refractivity contribution in [3.05, 3.63) is 29.3 Å². The lowest BCUT2D eigenvalue weighted by molar-refractivity contribution is -0.124. The minimum absolute atomic E-state index is 0.0840. The number of hydrogen-bond acceptors (Lipinski definition) is 5. The Balaban J connectivity index is 1.58. The molecule has 2 fully saturated rings. The summed E-state index contributed by atoms with van der Waals surface area (Å²) in [7, 11) is 0. The van der Waals surface area contributed by atoms with E-state index in [0.717, 1.165) is 42.7 Å². The van der Waals surface area contributed by atoms with Gasteiger partial charge in [-0.05, 0) is 37.3 Å². The SMILES string of the molecule is Cc1ccc(CNC(=O)C(N)C2CCOCC2)c(OC2CCOC2)c1. The second-order valence-corrected chi connectivity index (χ2v) is 6.91. The van der Waals surface area contributed by atoms with Gasteiger partial charge in [0.25, 0.3) is 0 Å². The first-order chi connectivity index (χ1) is 12.1. The number of carbonyl (C=O) groups is 1. The molecule has 3 rings (SSSR count). The molecular formula is C19H28N2O4. The van der Waals surface area contributed by atoms with Gasteiger partial charge in [-0.1, -0.05) is 12.1 Å². The molecule has 2 aliphatic rings. The summed E-state index contributed by atoms with van der Waals surface area (Å²) in [6, 6.07) is 5.55. The van der Waals surface area contributed by atoms with E-state index in [2.05, 4.69) is 5.32 Å². The van der Waals surface area contributed by atoms with Crippen LogP contribution in [-0.2, 0) is 20.8 Å². The molecule has 2 unspecified atom stereocenters. The summed E-state index contributed by atoms with van der Waals surface area (Å²) in [6.45, 7) is 5.17. The molecule has 6 nitrogen and oxygen atoms in total. The predicted molar refractivity (Wildman–Crippen MR) is 94.4 cm³/mol. The fourth-order valence-electron chi connectivity index (χ4n) is 3.29. The summed E-state index contributed by atoms with van der Waals surface area (Å²) in [4.78, 5) is 12.4. The zero-order valence-corrected chi connectivity index (χ0v) is 14.8. The molecule has 1 aromatic carbocycles. The number of amides is 1. The Morgan fingerprint density at radius 1 is 1.28 bits per heavy atom. The second-order valence-electron chi connectivity index (χ2n) is 6.91. The number of nitrogens with two attached hydrogens (primary N) is 1. The van der Waals surface area contributed by atoms with Crippen molar-refractivity contribution in [2.75, 3.05) is 26.4 Å². The molecule has 0 aliphatic carbocycles. The summed E-state index contributed by atoms with van der Waals surface area (Å²) in [5, 5.41) is 2.96. The zero-order chi connectivity index (χ0) is 17.6. The molecule has 1 aromatic rings. The van der Waals surface area contributed by atoms with E-state index in [1.54, 1.807) is 0 Å². The molecule has 0 saturated carbocycles. The van der Waals surface area contributed by atoms with Crippen molar-refractivity contribution in [3.63, 3.8) is 0 Å². The van der Waals surface area contributed by atoms with Crippen molar-refractivity contribution >= 4 is 5.91 Å². The van der Waals surface area contributed by atoms with Gasteiger partial charge in [-0.15, -0.1) is 0 Å². The van der Waals surface area contributed by atoms with Gasteiger partial charge in [0, 0.05) is 31.7 Å². The van der Waals surface area contributed by atoms with Crippen LogP contribution in [0.4, 0.5) is 0 Å². The Labute approximate surface area is 149 Å². The molecule has 2 aliphatic heterocycles. The van der Waals surface area contributed by atoms with Gasteiger partial charge in [0.05, 0.1) is 19.3 Å². The fourth-order valence-corrected chi connectivity index (χ4v) is 3.29. The summed E-state index contributed by atoms with van der Waals surface area (Å²) >= 11 is 0. The van der Waals surface area contributed by atoms with Gasteiger partial charge in [0.1, 0.15) is 11.9 Å². The molecule has 0 radical (unpaired) electrons. The monoisotopic (exact) mass is 348 g/mol. The molecule has 2 atom stereocenters. The van der Waals surface area contributed by atoms with E-state index in [0.29, 0.717) is 26.4 Å². The number of rotatable bonds is 6. The molecule has 25 heavy (non-hydrogen) atoms. The number of nitrogens with one attached hydrogen (secondary N) is 1. The lowest BCUT2D eigenvalue weighted by atomic mass is 9.92. The topological polar surface area (TPSA) is 82.8 Å². The maximum Gasteiger partial charge on any atom is 0.237 e. The van der Waals surface area contributed by atoms with Crippen molar-refractivity contribution in [2.24, 2.45) is 11.7 Å². The fraction of sp³-hybridized carbons (Fsp3) is 0.632. The number of carbonyl (C=O) groups excluding carboxylic acids is 1. The van der Waals surface area contributed by atoms with Crippen molar-refractivity contribution in [1.29, 1.82) is 0 Å². The van der Waals surface area contributed by atoms with Crippen LogP contribution in [-0.4, -0.2) is 44.5 Å². The van der Waals surface area contributed by atoms with Crippen LogP contribution in [0.25, 0.3) is 0 Å². The summed E-state index contributed by atoms with van der Waals surface area (Å²) in [5.41, 5.74) is 8.23. The highest BCUT2D eigenvalue weighted by molar-refractivity contribution is 5.81. The van der Waals surface area contributed by atoms with E-state index < -0.39 is 6.04 Å². The first-order valence-corrected chi connectivity index (χ1v) is 9.08. The number of hydrogen-bond donors (Lipinski definition) is 2. The van der Waals surface area contributed by atoms with Crippen LogP contribution in [0.1, 0.15) is 30.4 Å². The van der Waals surface area contributed by atoms with Gasteiger partial charge in [-0.2, -0.15) is 0 Å². The predicted octanol–water partition coefficient (Wildman–Crippen LogP) is 1.53. The van der Waals surface area contributed by atoms with E-state index in [1.807, 2.05) is 25.1 Å². The zero-order valence-electron chi connectivity index (χ0n) is 14.8. The van der Waals surface area contributed by atoms with E-state index in [9.17, 15) is 4.79 Å².